The van der Waals surface area contributed by atoms with E-state index in [-0.39, 0.29) is 30.6 Å². The van der Waals surface area contributed by atoms with Gasteiger partial charge in [0.25, 0.3) is 0 Å². The summed E-state index contributed by atoms with van der Waals surface area (Å²) < 4.78 is 13.7. The molecule has 1 saturated heterocycles. The van der Waals surface area contributed by atoms with Crippen LogP contribution in [0, 0.1) is 11.7 Å². The van der Waals surface area contributed by atoms with E-state index in [2.05, 4.69) is 21.2 Å². The molecule has 4 nitrogen and oxygen atoms in total. The molecule has 0 aromatic heterocycles. The zero-order chi connectivity index (χ0) is 17.3. The summed E-state index contributed by atoms with van der Waals surface area (Å²) in [7, 11) is 0. The van der Waals surface area contributed by atoms with Crippen LogP contribution in [0.3, 0.4) is 0 Å². The normalized spacial score (nSPS) is 17.2. The van der Waals surface area contributed by atoms with Crippen LogP contribution in [0.2, 0.25) is 5.02 Å². The van der Waals surface area contributed by atoms with Gasteiger partial charge in [0.05, 0.1) is 10.9 Å². The first-order valence-electron chi connectivity index (χ1n) is 7.26. The molecular formula is C17H13BrClFN2O2. The number of carbonyl (C=O) groups is 2. The lowest BCUT2D eigenvalue weighted by Gasteiger charge is -2.16. The van der Waals surface area contributed by atoms with E-state index in [0.717, 1.165) is 4.47 Å². The summed E-state index contributed by atoms with van der Waals surface area (Å²) in [5.74, 6) is -1.24. The Morgan fingerprint density at radius 1 is 1.25 bits per heavy atom. The van der Waals surface area contributed by atoms with Gasteiger partial charge in [0, 0.05) is 28.8 Å². The number of nitrogens with one attached hydrogen (secondary N) is 1. The van der Waals surface area contributed by atoms with Gasteiger partial charge in [-0.1, -0.05) is 11.6 Å². The molecule has 1 fully saturated rings. The highest BCUT2D eigenvalue weighted by atomic mass is 79.9. The van der Waals surface area contributed by atoms with E-state index >= 15 is 0 Å². The molecule has 3 rings (SSSR count). The summed E-state index contributed by atoms with van der Waals surface area (Å²) in [6.45, 7) is 0.264. The Bertz CT molecular complexity index is 798. The second-order valence-electron chi connectivity index (χ2n) is 5.50. The Hall–Kier alpha value is -1.92. The van der Waals surface area contributed by atoms with Crippen LogP contribution in [0.5, 0.6) is 0 Å². The molecule has 1 unspecified atom stereocenters. The molecule has 0 bridgehead atoms. The largest absolute Gasteiger partial charge is 0.326 e. The fourth-order valence-electron chi connectivity index (χ4n) is 2.57. The van der Waals surface area contributed by atoms with E-state index in [0.29, 0.717) is 16.4 Å². The Kier molecular flexibility index (Phi) is 4.87. The van der Waals surface area contributed by atoms with E-state index in [1.54, 1.807) is 18.2 Å². The van der Waals surface area contributed by atoms with Crippen LogP contribution in [-0.4, -0.2) is 18.4 Å². The predicted octanol–water partition coefficient (Wildman–Crippen LogP) is 4.23. The number of amides is 2. The summed E-state index contributed by atoms with van der Waals surface area (Å²) >= 11 is 9.29. The molecule has 1 aliphatic rings. The van der Waals surface area contributed by atoms with Crippen LogP contribution in [0.15, 0.2) is 46.9 Å². The second-order valence-corrected chi connectivity index (χ2v) is 6.76. The molecular weight excluding hydrogens is 399 g/mol. The minimum Gasteiger partial charge on any atom is -0.326 e. The van der Waals surface area contributed by atoms with Gasteiger partial charge in [0.1, 0.15) is 5.82 Å². The second kappa shape index (κ2) is 6.91. The topological polar surface area (TPSA) is 49.4 Å². The van der Waals surface area contributed by atoms with Crippen molar-refractivity contribution < 1.29 is 14.0 Å². The minimum atomic E-state index is -0.468. The summed E-state index contributed by atoms with van der Waals surface area (Å²) in [6.07, 6.45) is 0.119. The lowest BCUT2D eigenvalue weighted by atomic mass is 10.1. The van der Waals surface area contributed by atoms with Gasteiger partial charge in [-0.25, -0.2) is 4.39 Å². The molecule has 2 amide bonds. The maximum atomic E-state index is 13.0. The number of carbonyl (C=O) groups excluding carboxylic acids is 2. The molecule has 0 radical (unpaired) electrons. The van der Waals surface area contributed by atoms with Crippen molar-refractivity contribution in [2.75, 3.05) is 16.8 Å². The summed E-state index contributed by atoms with van der Waals surface area (Å²) in [5.41, 5.74) is 1.16. The van der Waals surface area contributed by atoms with Crippen LogP contribution < -0.4 is 10.2 Å². The number of hydrogen-bond donors (Lipinski definition) is 1. The highest BCUT2D eigenvalue weighted by Crippen LogP contribution is 2.28. The fourth-order valence-corrected chi connectivity index (χ4v) is 3.00. The quantitative estimate of drug-likeness (QED) is 0.821. The standard InChI is InChI=1S/C17H13BrClFN2O2/c18-14-6-3-12(8-15(14)19)21-17(24)10-7-16(23)22(9-10)13-4-1-11(20)2-5-13/h1-6,8,10H,7,9H2,(H,21,24). The van der Waals surface area contributed by atoms with Gasteiger partial charge in [0.2, 0.25) is 11.8 Å². The van der Waals surface area contributed by atoms with Crippen molar-refractivity contribution in [3.63, 3.8) is 0 Å². The fraction of sp³-hybridized carbons (Fsp3) is 0.176. The van der Waals surface area contributed by atoms with Crippen molar-refractivity contribution in [1.82, 2.24) is 0 Å². The Morgan fingerprint density at radius 2 is 1.96 bits per heavy atom. The number of rotatable bonds is 3. The first kappa shape index (κ1) is 16.9. The van der Waals surface area contributed by atoms with E-state index < -0.39 is 5.92 Å². The average Bonchev–Trinajstić information content (AvgIpc) is 2.94. The lowest BCUT2D eigenvalue weighted by Crippen LogP contribution is -2.28. The van der Waals surface area contributed by atoms with Crippen LogP contribution in [0.1, 0.15) is 6.42 Å². The molecule has 24 heavy (non-hydrogen) atoms. The van der Waals surface area contributed by atoms with Gasteiger partial charge in [0.15, 0.2) is 0 Å². The van der Waals surface area contributed by atoms with Crippen molar-refractivity contribution in [3.8, 4) is 0 Å². The van der Waals surface area contributed by atoms with Crippen LogP contribution >= 0.6 is 27.5 Å². The van der Waals surface area contributed by atoms with E-state index in [9.17, 15) is 14.0 Å². The van der Waals surface area contributed by atoms with Crippen molar-refractivity contribution >= 4 is 50.7 Å². The maximum absolute atomic E-state index is 13.0. The van der Waals surface area contributed by atoms with Crippen molar-refractivity contribution in [3.05, 3.63) is 57.8 Å². The molecule has 1 atom stereocenters. The van der Waals surface area contributed by atoms with Crippen molar-refractivity contribution in [2.24, 2.45) is 5.92 Å². The summed E-state index contributed by atoms with van der Waals surface area (Å²) in [6, 6.07) is 10.7. The number of nitrogens with zero attached hydrogens (tertiary/aromatic N) is 1. The van der Waals surface area contributed by atoms with Gasteiger partial charge in [-0.05, 0) is 58.4 Å². The molecule has 124 valence electrons. The van der Waals surface area contributed by atoms with Gasteiger partial charge >= 0.3 is 0 Å². The first-order chi connectivity index (χ1) is 11.4. The smallest absolute Gasteiger partial charge is 0.229 e. The van der Waals surface area contributed by atoms with E-state index in [1.807, 2.05) is 0 Å². The molecule has 2 aromatic carbocycles. The third-order valence-electron chi connectivity index (χ3n) is 3.82. The first-order valence-corrected chi connectivity index (χ1v) is 8.43. The SMILES string of the molecule is O=C(Nc1ccc(Br)c(Cl)c1)C1CC(=O)N(c2ccc(F)cc2)C1. The molecule has 7 heteroatoms. The maximum Gasteiger partial charge on any atom is 0.229 e. The summed E-state index contributed by atoms with van der Waals surface area (Å²) in [5, 5.41) is 3.26. The predicted molar refractivity (Wildman–Crippen MR) is 94.6 cm³/mol. The van der Waals surface area contributed by atoms with Gasteiger partial charge in [-0.15, -0.1) is 0 Å². The monoisotopic (exact) mass is 410 g/mol. The number of halogens is 3. The van der Waals surface area contributed by atoms with Crippen molar-refractivity contribution in [2.45, 2.75) is 6.42 Å². The van der Waals surface area contributed by atoms with Crippen LogP contribution in [0.4, 0.5) is 15.8 Å². The highest BCUT2D eigenvalue weighted by molar-refractivity contribution is 9.10. The molecule has 0 spiro atoms. The average molecular weight is 412 g/mol. The van der Waals surface area contributed by atoms with Crippen LogP contribution in [0.25, 0.3) is 0 Å². The van der Waals surface area contributed by atoms with Gasteiger partial charge in [-0.3, -0.25) is 9.59 Å². The Morgan fingerprint density at radius 3 is 2.62 bits per heavy atom. The Balaban J connectivity index is 1.69. The zero-order valence-corrected chi connectivity index (χ0v) is 14.8. The summed E-state index contributed by atoms with van der Waals surface area (Å²) in [4.78, 5) is 26.0. The lowest BCUT2D eigenvalue weighted by molar-refractivity contribution is -0.122. The molecule has 0 saturated carbocycles. The van der Waals surface area contributed by atoms with Gasteiger partial charge in [-0.2, -0.15) is 0 Å². The van der Waals surface area contributed by atoms with E-state index in [4.69, 9.17) is 11.6 Å². The number of anilines is 2. The third kappa shape index (κ3) is 3.60. The highest BCUT2D eigenvalue weighted by Gasteiger charge is 2.35. The minimum absolute atomic E-state index is 0.119. The molecule has 2 aromatic rings. The van der Waals surface area contributed by atoms with Crippen LogP contribution in [-0.2, 0) is 9.59 Å². The van der Waals surface area contributed by atoms with Gasteiger partial charge < -0.3 is 10.2 Å². The molecule has 1 N–H and O–H groups in total. The van der Waals surface area contributed by atoms with Crippen molar-refractivity contribution in [1.29, 1.82) is 0 Å². The molecule has 0 aliphatic carbocycles. The number of hydrogen-bond acceptors (Lipinski definition) is 2. The molecule has 1 aliphatic heterocycles. The molecule has 1 heterocycles. The number of benzene rings is 2. The van der Waals surface area contributed by atoms with E-state index in [1.165, 1.54) is 29.2 Å². The zero-order valence-electron chi connectivity index (χ0n) is 12.4. The Labute approximate surface area is 151 Å². The third-order valence-corrected chi connectivity index (χ3v) is 5.05.